The molecule has 1 N–H and O–H groups in total. The van der Waals surface area contributed by atoms with Gasteiger partial charge in [0, 0.05) is 10.9 Å². The van der Waals surface area contributed by atoms with Crippen LogP contribution in [-0.2, 0) is 6.42 Å². The molecule has 1 heterocycles. The van der Waals surface area contributed by atoms with Crippen molar-refractivity contribution in [3.63, 3.8) is 0 Å². The molecule has 0 aromatic carbocycles. The molecule has 3 heteroatoms. The van der Waals surface area contributed by atoms with Gasteiger partial charge in [-0.25, -0.2) is 0 Å². The van der Waals surface area contributed by atoms with Crippen molar-refractivity contribution >= 4 is 22.9 Å². The standard InChI is InChI=1S/C9H14ClNS/c1-7(11-2)3-4-8-5-6-9(10)12-8/h5-7,11H,3-4H2,1-2H3. The van der Waals surface area contributed by atoms with E-state index in [4.69, 9.17) is 11.6 Å². The highest BCUT2D eigenvalue weighted by Crippen LogP contribution is 2.22. The van der Waals surface area contributed by atoms with Crippen molar-refractivity contribution in [1.82, 2.24) is 5.32 Å². The van der Waals surface area contributed by atoms with Gasteiger partial charge in [0.05, 0.1) is 4.34 Å². The molecule has 68 valence electrons. The third-order valence-corrected chi connectivity index (χ3v) is 3.24. The zero-order valence-corrected chi connectivity index (χ0v) is 9.00. The van der Waals surface area contributed by atoms with Crippen LogP contribution in [0.25, 0.3) is 0 Å². The molecule has 0 saturated carbocycles. The number of hydrogen-bond donors (Lipinski definition) is 1. The van der Waals surface area contributed by atoms with Crippen LogP contribution in [0, 0.1) is 0 Å². The second-order valence-electron chi connectivity index (χ2n) is 2.93. The van der Waals surface area contributed by atoms with Gasteiger partial charge in [0.15, 0.2) is 0 Å². The first-order valence-corrected chi connectivity index (χ1v) is 5.33. The maximum atomic E-state index is 5.81. The fraction of sp³-hybridized carbons (Fsp3) is 0.556. The number of halogens is 1. The van der Waals surface area contributed by atoms with Crippen molar-refractivity contribution in [2.75, 3.05) is 7.05 Å². The fourth-order valence-electron chi connectivity index (χ4n) is 0.989. The number of rotatable bonds is 4. The van der Waals surface area contributed by atoms with Gasteiger partial charge in [0.1, 0.15) is 0 Å². The van der Waals surface area contributed by atoms with Crippen molar-refractivity contribution in [3.05, 3.63) is 21.3 Å². The fourth-order valence-corrected chi connectivity index (χ4v) is 2.09. The van der Waals surface area contributed by atoms with E-state index >= 15 is 0 Å². The Morgan fingerprint density at radius 2 is 2.33 bits per heavy atom. The van der Waals surface area contributed by atoms with Gasteiger partial charge in [-0.15, -0.1) is 11.3 Å². The molecule has 0 spiro atoms. The van der Waals surface area contributed by atoms with Gasteiger partial charge in [0.2, 0.25) is 0 Å². The second kappa shape index (κ2) is 4.85. The molecule has 12 heavy (non-hydrogen) atoms. The molecule has 0 bridgehead atoms. The topological polar surface area (TPSA) is 12.0 Å². The Morgan fingerprint density at radius 3 is 2.83 bits per heavy atom. The van der Waals surface area contributed by atoms with Crippen LogP contribution in [0.1, 0.15) is 18.2 Å². The first kappa shape index (κ1) is 10.0. The predicted molar refractivity (Wildman–Crippen MR) is 56.2 cm³/mol. The van der Waals surface area contributed by atoms with Crippen molar-refractivity contribution in [1.29, 1.82) is 0 Å². The minimum Gasteiger partial charge on any atom is -0.317 e. The van der Waals surface area contributed by atoms with Crippen LogP contribution < -0.4 is 5.32 Å². The summed E-state index contributed by atoms with van der Waals surface area (Å²) in [5, 5.41) is 3.21. The van der Waals surface area contributed by atoms with Gasteiger partial charge in [-0.1, -0.05) is 11.6 Å². The summed E-state index contributed by atoms with van der Waals surface area (Å²) in [4.78, 5) is 1.38. The zero-order valence-electron chi connectivity index (χ0n) is 7.43. The largest absolute Gasteiger partial charge is 0.317 e. The zero-order chi connectivity index (χ0) is 8.97. The summed E-state index contributed by atoms with van der Waals surface area (Å²) in [6, 6.07) is 4.66. The summed E-state index contributed by atoms with van der Waals surface area (Å²) in [6.45, 7) is 2.19. The molecule has 1 rings (SSSR count). The molecular formula is C9H14ClNS. The Labute approximate surface area is 82.7 Å². The Bertz CT molecular complexity index is 234. The number of hydrogen-bond acceptors (Lipinski definition) is 2. The van der Waals surface area contributed by atoms with E-state index in [1.165, 1.54) is 11.3 Å². The monoisotopic (exact) mass is 203 g/mol. The molecule has 0 saturated heterocycles. The molecular weight excluding hydrogens is 190 g/mol. The Kier molecular flexibility index (Phi) is 4.06. The minimum atomic E-state index is 0.589. The molecule has 1 unspecified atom stereocenters. The van der Waals surface area contributed by atoms with E-state index in [1.807, 2.05) is 13.1 Å². The minimum absolute atomic E-state index is 0.589. The van der Waals surface area contributed by atoms with Crippen LogP contribution in [0.4, 0.5) is 0 Å². The maximum absolute atomic E-state index is 5.81. The van der Waals surface area contributed by atoms with Gasteiger partial charge in [0.25, 0.3) is 0 Å². The van der Waals surface area contributed by atoms with Crippen LogP contribution in [-0.4, -0.2) is 13.1 Å². The predicted octanol–water partition coefficient (Wildman–Crippen LogP) is 2.94. The summed E-state index contributed by atoms with van der Waals surface area (Å²) in [5.74, 6) is 0. The highest BCUT2D eigenvalue weighted by molar-refractivity contribution is 7.16. The number of thiophene rings is 1. The lowest BCUT2D eigenvalue weighted by atomic mass is 10.2. The summed E-state index contributed by atoms with van der Waals surface area (Å²) in [6.07, 6.45) is 2.30. The third kappa shape index (κ3) is 3.13. The summed E-state index contributed by atoms with van der Waals surface area (Å²) < 4.78 is 0.891. The Hall–Kier alpha value is -0.0500. The molecule has 0 aliphatic heterocycles. The van der Waals surface area contributed by atoms with E-state index in [2.05, 4.69) is 18.3 Å². The molecule has 0 aliphatic rings. The second-order valence-corrected chi connectivity index (χ2v) is 4.73. The van der Waals surface area contributed by atoms with Crippen molar-refractivity contribution in [2.45, 2.75) is 25.8 Å². The van der Waals surface area contributed by atoms with Crippen LogP contribution in [0.2, 0.25) is 4.34 Å². The first-order valence-electron chi connectivity index (χ1n) is 4.14. The number of nitrogens with one attached hydrogen (secondary N) is 1. The van der Waals surface area contributed by atoms with E-state index in [1.54, 1.807) is 11.3 Å². The van der Waals surface area contributed by atoms with Crippen molar-refractivity contribution < 1.29 is 0 Å². The van der Waals surface area contributed by atoms with Crippen LogP contribution in [0.15, 0.2) is 12.1 Å². The maximum Gasteiger partial charge on any atom is 0.0931 e. The number of aryl methyl sites for hydroxylation is 1. The van der Waals surface area contributed by atoms with Gasteiger partial charge < -0.3 is 5.32 Å². The SMILES string of the molecule is CNC(C)CCc1ccc(Cl)s1. The van der Waals surface area contributed by atoms with Crippen molar-refractivity contribution in [3.8, 4) is 0 Å². The highest BCUT2D eigenvalue weighted by Gasteiger charge is 2.01. The van der Waals surface area contributed by atoms with E-state index in [-0.39, 0.29) is 0 Å². The van der Waals surface area contributed by atoms with E-state index in [9.17, 15) is 0 Å². The van der Waals surface area contributed by atoms with Crippen LogP contribution in [0.3, 0.4) is 0 Å². The van der Waals surface area contributed by atoms with Gasteiger partial charge in [-0.2, -0.15) is 0 Å². The molecule has 0 amide bonds. The van der Waals surface area contributed by atoms with E-state index in [0.717, 1.165) is 10.8 Å². The van der Waals surface area contributed by atoms with Gasteiger partial charge in [-0.3, -0.25) is 0 Å². The molecule has 0 aliphatic carbocycles. The summed E-state index contributed by atoms with van der Waals surface area (Å²) in [5.41, 5.74) is 0. The summed E-state index contributed by atoms with van der Waals surface area (Å²) in [7, 11) is 1.99. The van der Waals surface area contributed by atoms with Gasteiger partial charge in [-0.05, 0) is 38.9 Å². The molecule has 1 nitrogen and oxygen atoms in total. The quantitative estimate of drug-likeness (QED) is 0.794. The van der Waals surface area contributed by atoms with Gasteiger partial charge >= 0.3 is 0 Å². The third-order valence-electron chi connectivity index (χ3n) is 1.95. The molecule has 0 radical (unpaired) electrons. The lowest BCUT2D eigenvalue weighted by molar-refractivity contribution is 0.567. The molecule has 1 aromatic heterocycles. The molecule has 0 fully saturated rings. The Morgan fingerprint density at radius 1 is 1.58 bits per heavy atom. The summed E-state index contributed by atoms with van der Waals surface area (Å²) >= 11 is 7.49. The first-order chi connectivity index (χ1) is 5.72. The van der Waals surface area contributed by atoms with E-state index < -0.39 is 0 Å². The lowest BCUT2D eigenvalue weighted by Crippen LogP contribution is -2.21. The average Bonchev–Trinajstić information content (AvgIpc) is 2.47. The average molecular weight is 204 g/mol. The highest BCUT2D eigenvalue weighted by atomic mass is 35.5. The van der Waals surface area contributed by atoms with E-state index in [0.29, 0.717) is 6.04 Å². The normalized spacial score (nSPS) is 13.2. The van der Waals surface area contributed by atoms with Crippen LogP contribution in [0.5, 0.6) is 0 Å². The Balaban J connectivity index is 2.33. The van der Waals surface area contributed by atoms with Crippen LogP contribution >= 0.6 is 22.9 Å². The smallest absolute Gasteiger partial charge is 0.0931 e. The van der Waals surface area contributed by atoms with Crippen molar-refractivity contribution in [2.24, 2.45) is 0 Å². The lowest BCUT2D eigenvalue weighted by Gasteiger charge is -2.07. The molecule has 1 aromatic rings. The molecule has 1 atom stereocenters.